The highest BCUT2D eigenvalue weighted by molar-refractivity contribution is 5.76. The minimum absolute atomic E-state index is 0.0236. The standard InChI is InChI=1S/C24H38N2O16/c27-9-11-17(33)19(35)20(36)24(40-11)41-22-18(34)12(10-28)39-23(21(22)37)38-8-7-25-13(29)3-1-2-4-16(32)42-26-14(30)5-6-15(26)31/h5-6,11-12,17-24,27-28,30-31,33-37H,1-4,7-10H2,(H,25,29)/t11-,12-,17-,18-,19+,20+,21+,22+,23+,24-/m1/s1. The molecule has 42 heavy (non-hydrogen) atoms. The molecule has 240 valence electrons. The zero-order valence-corrected chi connectivity index (χ0v) is 22.4. The number of aliphatic hydroxyl groups is 7. The minimum Gasteiger partial charge on any atom is -0.492 e. The Morgan fingerprint density at radius 2 is 1.40 bits per heavy atom. The predicted octanol–water partition coefficient (Wildman–Crippen LogP) is -4.83. The van der Waals surface area contributed by atoms with E-state index in [4.69, 9.17) is 23.8 Å². The van der Waals surface area contributed by atoms with E-state index < -0.39 is 92.4 Å². The summed E-state index contributed by atoms with van der Waals surface area (Å²) in [5.74, 6) is -2.00. The molecule has 0 unspecified atom stereocenters. The number of ether oxygens (including phenoxy) is 4. The van der Waals surface area contributed by atoms with Gasteiger partial charge in [-0.3, -0.25) is 4.79 Å². The second-order valence-electron chi connectivity index (χ2n) is 9.74. The van der Waals surface area contributed by atoms with Crippen LogP contribution in [0.4, 0.5) is 0 Å². The number of nitrogens with one attached hydrogen (secondary N) is 1. The van der Waals surface area contributed by atoms with Gasteiger partial charge in [0.1, 0.15) is 48.8 Å². The van der Waals surface area contributed by atoms with Gasteiger partial charge in [-0.05, 0) is 12.8 Å². The molecular formula is C24H38N2O16. The third-order valence-corrected chi connectivity index (χ3v) is 6.69. The smallest absolute Gasteiger partial charge is 0.333 e. The lowest BCUT2D eigenvalue weighted by Crippen LogP contribution is -2.64. The van der Waals surface area contributed by atoms with Crippen LogP contribution in [0.1, 0.15) is 25.7 Å². The van der Waals surface area contributed by atoms with E-state index in [1.54, 1.807) is 0 Å². The topological polar surface area (TPSA) is 279 Å². The van der Waals surface area contributed by atoms with E-state index >= 15 is 0 Å². The molecule has 1 aromatic rings. The van der Waals surface area contributed by atoms with E-state index in [0.29, 0.717) is 11.2 Å². The fraction of sp³-hybridized carbons (Fsp3) is 0.750. The number of hydrogen-bond acceptors (Lipinski definition) is 16. The zero-order valence-electron chi connectivity index (χ0n) is 22.4. The highest BCUT2D eigenvalue weighted by Crippen LogP contribution is 2.29. The van der Waals surface area contributed by atoms with Crippen LogP contribution >= 0.6 is 0 Å². The number of carbonyl (C=O) groups is 2. The molecule has 18 nitrogen and oxygen atoms in total. The molecule has 0 aromatic carbocycles. The highest BCUT2D eigenvalue weighted by atomic mass is 16.7. The van der Waals surface area contributed by atoms with Crippen LogP contribution in [0.2, 0.25) is 0 Å². The second kappa shape index (κ2) is 15.7. The molecule has 2 saturated heterocycles. The molecule has 1 aromatic heterocycles. The van der Waals surface area contributed by atoms with Crippen molar-refractivity contribution in [2.45, 2.75) is 87.1 Å². The number of rotatable bonds is 14. The molecule has 0 saturated carbocycles. The summed E-state index contributed by atoms with van der Waals surface area (Å²) in [6.45, 7) is -1.63. The second-order valence-corrected chi connectivity index (χ2v) is 9.74. The molecule has 3 heterocycles. The summed E-state index contributed by atoms with van der Waals surface area (Å²) in [5.41, 5.74) is 0. The number of nitrogens with zero attached hydrogens (tertiary/aromatic N) is 1. The number of aromatic nitrogens is 1. The van der Waals surface area contributed by atoms with Crippen molar-refractivity contribution < 1.29 is 79.3 Å². The van der Waals surface area contributed by atoms with Crippen molar-refractivity contribution in [1.29, 1.82) is 0 Å². The average molecular weight is 611 g/mol. The van der Waals surface area contributed by atoms with Crippen molar-refractivity contribution in [3.05, 3.63) is 12.1 Å². The molecule has 2 aliphatic heterocycles. The first-order valence-corrected chi connectivity index (χ1v) is 13.3. The van der Waals surface area contributed by atoms with E-state index in [0.717, 1.165) is 12.1 Å². The summed E-state index contributed by atoms with van der Waals surface area (Å²) < 4.78 is 22.1. The van der Waals surface area contributed by atoms with E-state index in [-0.39, 0.29) is 38.3 Å². The van der Waals surface area contributed by atoms with Gasteiger partial charge in [-0.15, -0.1) is 4.73 Å². The van der Waals surface area contributed by atoms with Crippen molar-refractivity contribution in [3.63, 3.8) is 0 Å². The largest absolute Gasteiger partial charge is 0.492 e. The Bertz CT molecular complexity index is 988. The molecule has 10 atom stereocenters. The number of unbranched alkanes of at least 4 members (excludes halogenated alkanes) is 1. The monoisotopic (exact) mass is 610 g/mol. The third kappa shape index (κ3) is 8.48. The Kier molecular flexibility index (Phi) is 12.7. The van der Waals surface area contributed by atoms with Crippen LogP contribution in [0.3, 0.4) is 0 Å². The van der Waals surface area contributed by atoms with Gasteiger partial charge in [0.2, 0.25) is 17.7 Å². The van der Waals surface area contributed by atoms with Gasteiger partial charge in [-0.1, -0.05) is 0 Å². The van der Waals surface area contributed by atoms with Crippen molar-refractivity contribution in [3.8, 4) is 11.8 Å². The Morgan fingerprint density at radius 1 is 0.810 bits per heavy atom. The molecule has 18 heteroatoms. The van der Waals surface area contributed by atoms with E-state index in [9.17, 15) is 55.5 Å². The molecule has 2 fully saturated rings. The normalized spacial score (nSPS) is 33.3. The molecule has 0 aliphatic carbocycles. The maximum atomic E-state index is 12.1. The van der Waals surface area contributed by atoms with Crippen LogP contribution in [0.15, 0.2) is 12.1 Å². The van der Waals surface area contributed by atoms with Gasteiger partial charge in [-0.25, -0.2) is 4.79 Å². The van der Waals surface area contributed by atoms with E-state index in [1.807, 2.05) is 0 Å². The van der Waals surface area contributed by atoms with Gasteiger partial charge in [0, 0.05) is 31.5 Å². The van der Waals surface area contributed by atoms with Gasteiger partial charge in [0.25, 0.3) is 0 Å². The zero-order chi connectivity index (χ0) is 31.0. The number of aliphatic hydroxyl groups excluding tert-OH is 7. The van der Waals surface area contributed by atoms with E-state index in [1.165, 1.54) is 0 Å². The van der Waals surface area contributed by atoms with E-state index in [2.05, 4.69) is 5.32 Å². The van der Waals surface area contributed by atoms with Crippen LogP contribution < -0.4 is 10.2 Å². The van der Waals surface area contributed by atoms with Crippen LogP contribution in [0.5, 0.6) is 11.8 Å². The fourth-order valence-corrected chi connectivity index (χ4v) is 4.34. The van der Waals surface area contributed by atoms with Gasteiger partial charge in [-0.2, -0.15) is 0 Å². The van der Waals surface area contributed by atoms with Crippen molar-refractivity contribution >= 4 is 11.9 Å². The summed E-state index contributed by atoms with van der Waals surface area (Å²) in [7, 11) is 0. The van der Waals surface area contributed by atoms with Crippen LogP contribution in [-0.4, -0.2) is 150 Å². The molecule has 2 aliphatic rings. The molecule has 0 spiro atoms. The molecule has 0 bridgehead atoms. The van der Waals surface area contributed by atoms with Crippen LogP contribution in [-0.2, 0) is 28.5 Å². The molecule has 3 rings (SSSR count). The maximum Gasteiger partial charge on any atom is 0.333 e. The minimum atomic E-state index is -1.81. The first-order valence-electron chi connectivity index (χ1n) is 13.3. The Hall–Kier alpha value is -2.62. The average Bonchev–Trinajstić information content (AvgIpc) is 3.28. The molecule has 10 N–H and O–H groups in total. The molecule has 1 amide bonds. The lowest BCUT2D eigenvalue weighted by Gasteiger charge is -2.45. The number of aromatic hydroxyl groups is 2. The van der Waals surface area contributed by atoms with Crippen LogP contribution in [0, 0.1) is 0 Å². The van der Waals surface area contributed by atoms with Gasteiger partial charge in [0.05, 0.1) is 19.8 Å². The van der Waals surface area contributed by atoms with Gasteiger partial charge in [0.15, 0.2) is 12.6 Å². The van der Waals surface area contributed by atoms with Crippen molar-refractivity contribution in [1.82, 2.24) is 10.0 Å². The number of amides is 1. The predicted molar refractivity (Wildman–Crippen MR) is 133 cm³/mol. The van der Waals surface area contributed by atoms with Crippen molar-refractivity contribution in [2.75, 3.05) is 26.4 Å². The molecular weight excluding hydrogens is 572 g/mol. The Labute approximate surface area is 239 Å². The summed E-state index contributed by atoms with van der Waals surface area (Å²) in [6.07, 6.45) is -15.2. The summed E-state index contributed by atoms with van der Waals surface area (Å²) in [4.78, 5) is 28.7. The number of carbonyl (C=O) groups excluding carboxylic acids is 2. The van der Waals surface area contributed by atoms with Crippen molar-refractivity contribution in [2.24, 2.45) is 0 Å². The number of hydrogen-bond donors (Lipinski definition) is 10. The van der Waals surface area contributed by atoms with Crippen LogP contribution in [0.25, 0.3) is 0 Å². The summed E-state index contributed by atoms with van der Waals surface area (Å²) in [6, 6.07) is 2.28. The van der Waals surface area contributed by atoms with Gasteiger partial charge >= 0.3 is 5.97 Å². The summed E-state index contributed by atoms with van der Waals surface area (Å²) in [5, 5.41) is 91.8. The first-order chi connectivity index (χ1) is 20.0. The SMILES string of the molecule is O=C(CCCCC(=O)On1c(O)ccc1O)NCCO[C@H]1O[C@H](CO)[C@@H](O)[C@H](O[C@H]2O[C@H](CO)[C@@H](O)[C@H](O)[C@@H]2O)[C@@H]1O. The Morgan fingerprint density at radius 3 is 2.05 bits per heavy atom. The third-order valence-electron chi connectivity index (χ3n) is 6.69. The first kappa shape index (κ1) is 33.9. The quantitative estimate of drug-likeness (QED) is 0.0884. The van der Waals surface area contributed by atoms with Gasteiger partial charge < -0.3 is 75.1 Å². The lowest BCUT2D eigenvalue weighted by atomic mass is 9.97. The fourth-order valence-electron chi connectivity index (χ4n) is 4.34. The highest BCUT2D eigenvalue weighted by Gasteiger charge is 2.50. The Balaban J connectivity index is 1.40. The molecule has 0 radical (unpaired) electrons. The summed E-state index contributed by atoms with van der Waals surface area (Å²) >= 11 is 0. The lowest BCUT2D eigenvalue weighted by molar-refractivity contribution is -0.360. The maximum absolute atomic E-state index is 12.1.